The van der Waals surface area contributed by atoms with Gasteiger partial charge in [0.05, 0.1) is 6.10 Å². The first-order chi connectivity index (χ1) is 8.70. The summed E-state index contributed by atoms with van der Waals surface area (Å²) in [6.07, 6.45) is 1.42. The van der Waals surface area contributed by atoms with E-state index in [4.69, 9.17) is 4.74 Å². The highest BCUT2D eigenvalue weighted by Crippen LogP contribution is 2.09. The molecule has 0 heterocycles. The van der Waals surface area contributed by atoms with Crippen molar-refractivity contribution in [2.45, 2.75) is 26.4 Å². The van der Waals surface area contributed by atoms with E-state index in [1.807, 2.05) is 6.07 Å². The van der Waals surface area contributed by atoms with Gasteiger partial charge in [-0.25, -0.2) is 0 Å². The van der Waals surface area contributed by atoms with E-state index in [0.29, 0.717) is 6.10 Å². The molecule has 0 fully saturated rings. The van der Waals surface area contributed by atoms with Gasteiger partial charge in [-0.3, -0.25) is 0 Å². The summed E-state index contributed by atoms with van der Waals surface area (Å²) in [5, 5.41) is 3.44. The Labute approximate surface area is 111 Å². The topological polar surface area (TPSA) is 24.5 Å². The molecular formula is C15H26N2O. The monoisotopic (exact) mass is 250 g/mol. The summed E-state index contributed by atoms with van der Waals surface area (Å²) in [7, 11) is 2.12. The second-order valence-electron chi connectivity index (χ2n) is 4.78. The maximum absolute atomic E-state index is 5.49. The fourth-order valence-electron chi connectivity index (χ4n) is 1.70. The Morgan fingerprint density at radius 2 is 1.89 bits per heavy atom. The van der Waals surface area contributed by atoms with Gasteiger partial charge in [0.25, 0.3) is 0 Å². The van der Waals surface area contributed by atoms with Crippen LogP contribution < -0.4 is 10.2 Å². The lowest BCUT2D eigenvalue weighted by molar-refractivity contribution is 0.0771. The third-order valence-electron chi connectivity index (χ3n) is 2.77. The van der Waals surface area contributed by atoms with Crippen molar-refractivity contribution in [2.75, 3.05) is 38.2 Å². The summed E-state index contributed by atoms with van der Waals surface area (Å²) >= 11 is 0. The van der Waals surface area contributed by atoms with E-state index in [9.17, 15) is 0 Å². The molecule has 0 aliphatic rings. The Morgan fingerprint density at radius 1 is 1.17 bits per heavy atom. The number of hydrogen-bond donors (Lipinski definition) is 1. The minimum atomic E-state index is 0.342. The summed E-state index contributed by atoms with van der Waals surface area (Å²) in [6, 6.07) is 10.5. The maximum atomic E-state index is 5.49. The molecule has 0 saturated carbocycles. The summed E-state index contributed by atoms with van der Waals surface area (Å²) < 4.78 is 5.49. The SMILES string of the molecule is CC(C)OCCCNCCN(C)c1ccccc1. The molecule has 102 valence electrons. The number of ether oxygens (including phenoxy) is 1. The van der Waals surface area contributed by atoms with Crippen molar-refractivity contribution < 1.29 is 4.74 Å². The molecule has 18 heavy (non-hydrogen) atoms. The molecule has 0 saturated heterocycles. The van der Waals surface area contributed by atoms with Gasteiger partial charge in [0.1, 0.15) is 0 Å². The van der Waals surface area contributed by atoms with Gasteiger partial charge in [0.15, 0.2) is 0 Å². The number of anilines is 1. The van der Waals surface area contributed by atoms with Crippen LogP contribution in [0.25, 0.3) is 0 Å². The molecule has 1 N–H and O–H groups in total. The third-order valence-corrected chi connectivity index (χ3v) is 2.77. The van der Waals surface area contributed by atoms with Crippen molar-refractivity contribution in [1.82, 2.24) is 5.32 Å². The standard InChI is InChI=1S/C15H26N2O/c1-14(2)18-13-7-10-16-11-12-17(3)15-8-5-4-6-9-15/h4-6,8-9,14,16H,7,10-13H2,1-3H3. The van der Waals surface area contributed by atoms with E-state index in [1.165, 1.54) is 5.69 Å². The average molecular weight is 250 g/mol. The first kappa shape index (κ1) is 15.0. The molecule has 3 nitrogen and oxygen atoms in total. The number of likely N-dealkylation sites (N-methyl/N-ethyl adjacent to an activating group) is 1. The van der Waals surface area contributed by atoms with Crippen LogP contribution in [0.2, 0.25) is 0 Å². The molecule has 0 spiro atoms. The van der Waals surface area contributed by atoms with E-state index in [1.54, 1.807) is 0 Å². The molecule has 0 unspecified atom stereocenters. The van der Waals surface area contributed by atoms with Gasteiger partial charge in [-0.2, -0.15) is 0 Å². The van der Waals surface area contributed by atoms with Gasteiger partial charge in [-0.05, 0) is 38.9 Å². The molecule has 0 bridgehead atoms. The van der Waals surface area contributed by atoms with Crippen LogP contribution in [0.4, 0.5) is 5.69 Å². The predicted molar refractivity (Wildman–Crippen MR) is 78.3 cm³/mol. The van der Waals surface area contributed by atoms with Crippen molar-refractivity contribution >= 4 is 5.69 Å². The molecule has 1 aromatic carbocycles. The van der Waals surface area contributed by atoms with Crippen LogP contribution in [0.3, 0.4) is 0 Å². The second-order valence-corrected chi connectivity index (χ2v) is 4.78. The second kappa shape index (κ2) is 8.95. The van der Waals surface area contributed by atoms with Crippen LogP contribution in [0.1, 0.15) is 20.3 Å². The number of para-hydroxylation sites is 1. The van der Waals surface area contributed by atoms with Crippen LogP contribution in [0.5, 0.6) is 0 Å². The Bertz CT molecular complexity index is 301. The lowest BCUT2D eigenvalue weighted by atomic mass is 10.3. The average Bonchev–Trinajstić information content (AvgIpc) is 2.38. The molecule has 1 rings (SSSR count). The van der Waals surface area contributed by atoms with Crippen molar-refractivity contribution in [3.63, 3.8) is 0 Å². The van der Waals surface area contributed by atoms with Gasteiger partial charge in [-0.1, -0.05) is 18.2 Å². The molecule has 3 heteroatoms. The van der Waals surface area contributed by atoms with E-state index < -0.39 is 0 Å². The lowest BCUT2D eigenvalue weighted by Crippen LogP contribution is -2.30. The summed E-state index contributed by atoms with van der Waals surface area (Å²) in [5.41, 5.74) is 1.27. The minimum absolute atomic E-state index is 0.342. The fourth-order valence-corrected chi connectivity index (χ4v) is 1.70. The molecule has 0 aliphatic carbocycles. The summed E-state index contributed by atoms with van der Waals surface area (Å²) in [6.45, 7) is 8.04. The van der Waals surface area contributed by atoms with E-state index >= 15 is 0 Å². The van der Waals surface area contributed by atoms with Gasteiger partial charge in [0.2, 0.25) is 0 Å². The highest BCUT2D eigenvalue weighted by atomic mass is 16.5. The maximum Gasteiger partial charge on any atom is 0.0518 e. The number of hydrogen-bond acceptors (Lipinski definition) is 3. The highest BCUT2D eigenvalue weighted by Gasteiger charge is 1.98. The molecule has 0 atom stereocenters. The lowest BCUT2D eigenvalue weighted by Gasteiger charge is -2.19. The quantitative estimate of drug-likeness (QED) is 0.682. The zero-order chi connectivity index (χ0) is 13.2. The van der Waals surface area contributed by atoms with Crippen molar-refractivity contribution in [1.29, 1.82) is 0 Å². The minimum Gasteiger partial charge on any atom is -0.379 e. The summed E-state index contributed by atoms with van der Waals surface area (Å²) in [4.78, 5) is 2.26. The zero-order valence-electron chi connectivity index (χ0n) is 11.9. The number of benzene rings is 1. The third kappa shape index (κ3) is 6.62. The largest absolute Gasteiger partial charge is 0.379 e. The normalized spacial score (nSPS) is 10.9. The Hall–Kier alpha value is -1.06. The van der Waals surface area contributed by atoms with Crippen LogP contribution >= 0.6 is 0 Å². The van der Waals surface area contributed by atoms with Crippen LogP contribution in [-0.2, 0) is 4.74 Å². The van der Waals surface area contributed by atoms with Gasteiger partial charge >= 0.3 is 0 Å². The number of nitrogens with zero attached hydrogens (tertiary/aromatic N) is 1. The van der Waals surface area contributed by atoms with Crippen LogP contribution in [0.15, 0.2) is 30.3 Å². The summed E-state index contributed by atoms with van der Waals surface area (Å²) in [5.74, 6) is 0. The molecule has 1 aromatic rings. The first-order valence-electron chi connectivity index (χ1n) is 6.78. The van der Waals surface area contributed by atoms with Crippen LogP contribution in [0, 0.1) is 0 Å². The van der Waals surface area contributed by atoms with E-state index in [0.717, 1.165) is 32.7 Å². The van der Waals surface area contributed by atoms with Crippen LogP contribution in [-0.4, -0.2) is 39.4 Å². The smallest absolute Gasteiger partial charge is 0.0518 e. The Kier molecular flexibility index (Phi) is 7.46. The number of nitrogens with one attached hydrogen (secondary N) is 1. The van der Waals surface area contributed by atoms with Gasteiger partial charge in [0, 0.05) is 32.4 Å². The van der Waals surface area contributed by atoms with Gasteiger partial charge in [-0.15, -0.1) is 0 Å². The molecule has 0 amide bonds. The van der Waals surface area contributed by atoms with Crippen molar-refractivity contribution in [2.24, 2.45) is 0 Å². The Balaban J connectivity index is 2.01. The Morgan fingerprint density at radius 3 is 2.56 bits per heavy atom. The predicted octanol–water partition coefficient (Wildman–Crippen LogP) is 2.53. The van der Waals surface area contributed by atoms with E-state index in [2.05, 4.69) is 55.4 Å². The molecule has 0 aliphatic heterocycles. The van der Waals surface area contributed by atoms with Crippen molar-refractivity contribution in [3.05, 3.63) is 30.3 Å². The van der Waals surface area contributed by atoms with Gasteiger partial charge < -0.3 is 15.0 Å². The molecular weight excluding hydrogens is 224 g/mol. The fraction of sp³-hybridized carbons (Fsp3) is 0.600. The highest BCUT2D eigenvalue weighted by molar-refractivity contribution is 5.44. The molecule has 0 radical (unpaired) electrons. The first-order valence-corrected chi connectivity index (χ1v) is 6.78. The zero-order valence-corrected chi connectivity index (χ0v) is 11.9. The molecule has 0 aromatic heterocycles. The van der Waals surface area contributed by atoms with E-state index in [-0.39, 0.29) is 0 Å². The number of rotatable bonds is 9. The van der Waals surface area contributed by atoms with Crippen molar-refractivity contribution in [3.8, 4) is 0 Å².